The van der Waals surface area contributed by atoms with Crippen LogP contribution in [0.3, 0.4) is 0 Å². The lowest BCUT2D eigenvalue weighted by Crippen LogP contribution is -2.13. The van der Waals surface area contributed by atoms with Crippen molar-refractivity contribution >= 4 is 40.9 Å². The number of carbonyl (C=O) groups is 1. The van der Waals surface area contributed by atoms with Crippen LogP contribution < -0.4 is 10.1 Å². The summed E-state index contributed by atoms with van der Waals surface area (Å²) in [6, 6.07) is 19.2. The molecule has 1 amide bonds. The Morgan fingerprint density at radius 3 is 2.53 bits per heavy atom. The largest absolute Gasteiger partial charge is 0.488 e. The first-order valence-electron chi connectivity index (χ1n) is 8.81. The lowest BCUT2D eigenvalue weighted by atomic mass is 10.1. The normalized spacial score (nSPS) is 10.9. The molecule has 3 aromatic rings. The van der Waals surface area contributed by atoms with E-state index in [0.29, 0.717) is 27.0 Å². The van der Waals surface area contributed by atoms with E-state index in [1.165, 1.54) is 30.3 Å². The van der Waals surface area contributed by atoms with Gasteiger partial charge in [0.2, 0.25) is 0 Å². The smallest absolute Gasteiger partial charge is 0.266 e. The molecule has 0 heterocycles. The van der Waals surface area contributed by atoms with Crippen molar-refractivity contribution < 1.29 is 13.9 Å². The maximum Gasteiger partial charge on any atom is 0.266 e. The molecule has 0 fully saturated rings. The van der Waals surface area contributed by atoms with Gasteiger partial charge in [-0.1, -0.05) is 41.4 Å². The minimum absolute atomic E-state index is 0.163. The molecule has 0 aliphatic heterocycles. The molecule has 0 bridgehead atoms. The Morgan fingerprint density at radius 2 is 1.83 bits per heavy atom. The number of halogens is 3. The van der Waals surface area contributed by atoms with Crippen molar-refractivity contribution in [2.45, 2.75) is 6.61 Å². The second-order valence-electron chi connectivity index (χ2n) is 6.19. The van der Waals surface area contributed by atoms with E-state index in [0.717, 1.165) is 5.56 Å². The third-order valence-electron chi connectivity index (χ3n) is 4.08. The van der Waals surface area contributed by atoms with E-state index in [-0.39, 0.29) is 12.2 Å². The first kappa shape index (κ1) is 21.4. The SMILES string of the molecule is N#C/C(=C\c1cc(Cl)ccc1OCc1ccccc1Cl)C(=O)Nc1ccc(F)cc1. The minimum atomic E-state index is -0.638. The van der Waals surface area contributed by atoms with Gasteiger partial charge in [0.05, 0.1) is 0 Å². The molecule has 0 saturated heterocycles. The topological polar surface area (TPSA) is 62.1 Å². The third kappa shape index (κ3) is 5.60. The summed E-state index contributed by atoms with van der Waals surface area (Å²) in [6.07, 6.45) is 1.38. The Morgan fingerprint density at radius 1 is 1.10 bits per heavy atom. The molecule has 1 N–H and O–H groups in total. The van der Waals surface area contributed by atoms with Crippen LogP contribution in [-0.2, 0) is 11.4 Å². The fraction of sp³-hybridized carbons (Fsp3) is 0.0435. The molecule has 0 radical (unpaired) electrons. The first-order valence-corrected chi connectivity index (χ1v) is 9.56. The molecule has 0 saturated carbocycles. The number of anilines is 1. The van der Waals surface area contributed by atoms with Crippen LogP contribution in [0.4, 0.5) is 10.1 Å². The number of rotatable bonds is 6. The average Bonchev–Trinajstić information content (AvgIpc) is 2.74. The van der Waals surface area contributed by atoms with Crippen LogP contribution in [0.25, 0.3) is 6.08 Å². The number of amides is 1. The van der Waals surface area contributed by atoms with E-state index in [1.54, 1.807) is 24.3 Å². The Kier molecular flexibility index (Phi) is 7.08. The van der Waals surface area contributed by atoms with Gasteiger partial charge in [-0.3, -0.25) is 4.79 Å². The summed E-state index contributed by atoms with van der Waals surface area (Å²) in [5, 5.41) is 13.0. The van der Waals surface area contributed by atoms with E-state index in [1.807, 2.05) is 24.3 Å². The van der Waals surface area contributed by atoms with Crippen LogP contribution >= 0.6 is 23.2 Å². The predicted octanol–water partition coefficient (Wildman–Crippen LogP) is 6.26. The van der Waals surface area contributed by atoms with Crippen molar-refractivity contribution in [1.29, 1.82) is 5.26 Å². The molecule has 0 atom stereocenters. The molecule has 30 heavy (non-hydrogen) atoms. The summed E-state index contributed by atoms with van der Waals surface area (Å²) in [5.41, 5.74) is 1.45. The highest BCUT2D eigenvalue weighted by Gasteiger charge is 2.12. The summed E-state index contributed by atoms with van der Waals surface area (Å²) in [5.74, 6) is -0.633. The standard InChI is InChI=1S/C23H15Cl2FN2O2/c24-18-5-10-22(30-14-15-3-1-2-4-21(15)25)16(12-18)11-17(13-27)23(29)28-20-8-6-19(26)7-9-20/h1-12H,14H2,(H,28,29)/b17-11+. The second-order valence-corrected chi connectivity index (χ2v) is 7.04. The number of nitrogens with one attached hydrogen (secondary N) is 1. The molecule has 0 aliphatic rings. The van der Waals surface area contributed by atoms with Gasteiger partial charge < -0.3 is 10.1 Å². The minimum Gasteiger partial charge on any atom is -0.488 e. The average molecular weight is 441 g/mol. The van der Waals surface area contributed by atoms with Crippen molar-refractivity contribution in [3.63, 3.8) is 0 Å². The zero-order valence-corrected chi connectivity index (χ0v) is 17.0. The van der Waals surface area contributed by atoms with Crippen LogP contribution in [0, 0.1) is 17.1 Å². The van der Waals surface area contributed by atoms with E-state index in [2.05, 4.69) is 5.32 Å². The molecule has 7 heteroatoms. The van der Waals surface area contributed by atoms with Crippen LogP contribution in [0.2, 0.25) is 10.0 Å². The van der Waals surface area contributed by atoms with Gasteiger partial charge in [0.25, 0.3) is 5.91 Å². The molecule has 0 spiro atoms. The molecular weight excluding hydrogens is 426 g/mol. The van der Waals surface area contributed by atoms with Crippen molar-refractivity contribution in [2.24, 2.45) is 0 Å². The number of nitriles is 1. The monoisotopic (exact) mass is 440 g/mol. The molecule has 0 unspecified atom stereocenters. The fourth-order valence-electron chi connectivity index (χ4n) is 2.57. The van der Waals surface area contributed by atoms with E-state index < -0.39 is 11.7 Å². The maximum absolute atomic E-state index is 13.0. The van der Waals surface area contributed by atoms with Gasteiger partial charge in [0.15, 0.2) is 0 Å². The second kappa shape index (κ2) is 9.93. The van der Waals surface area contributed by atoms with Gasteiger partial charge in [-0.15, -0.1) is 0 Å². The van der Waals surface area contributed by atoms with Gasteiger partial charge >= 0.3 is 0 Å². The lowest BCUT2D eigenvalue weighted by Gasteiger charge is -2.11. The predicted molar refractivity (Wildman–Crippen MR) is 116 cm³/mol. The highest BCUT2D eigenvalue weighted by atomic mass is 35.5. The lowest BCUT2D eigenvalue weighted by molar-refractivity contribution is -0.112. The summed E-state index contributed by atoms with van der Waals surface area (Å²) in [6.45, 7) is 0.200. The summed E-state index contributed by atoms with van der Waals surface area (Å²) < 4.78 is 18.9. The molecule has 3 rings (SSSR count). The van der Waals surface area contributed by atoms with E-state index in [9.17, 15) is 14.4 Å². The Balaban J connectivity index is 1.83. The van der Waals surface area contributed by atoms with Crippen molar-refractivity contribution in [3.8, 4) is 11.8 Å². The molecule has 150 valence electrons. The maximum atomic E-state index is 13.0. The van der Waals surface area contributed by atoms with Crippen molar-refractivity contribution in [2.75, 3.05) is 5.32 Å². The fourth-order valence-corrected chi connectivity index (χ4v) is 2.94. The quantitative estimate of drug-likeness (QED) is 0.363. The van der Waals surface area contributed by atoms with Crippen LogP contribution in [0.5, 0.6) is 5.75 Å². The zero-order valence-electron chi connectivity index (χ0n) is 15.5. The third-order valence-corrected chi connectivity index (χ3v) is 4.68. The molecule has 3 aromatic carbocycles. The number of hydrogen-bond acceptors (Lipinski definition) is 3. The number of carbonyl (C=O) groups excluding carboxylic acids is 1. The zero-order chi connectivity index (χ0) is 21.5. The van der Waals surface area contributed by atoms with Gasteiger partial charge in [0.1, 0.15) is 29.8 Å². The Labute approximate surface area is 183 Å². The van der Waals surface area contributed by atoms with Gasteiger partial charge in [0, 0.05) is 26.9 Å². The van der Waals surface area contributed by atoms with E-state index in [4.69, 9.17) is 27.9 Å². The summed E-state index contributed by atoms with van der Waals surface area (Å²) in [7, 11) is 0. The number of nitrogens with zero attached hydrogens (tertiary/aromatic N) is 1. The van der Waals surface area contributed by atoms with Crippen LogP contribution in [0.1, 0.15) is 11.1 Å². The first-order chi connectivity index (χ1) is 14.5. The molecule has 4 nitrogen and oxygen atoms in total. The van der Waals surface area contributed by atoms with E-state index >= 15 is 0 Å². The Bertz CT molecular complexity index is 1140. The van der Waals surface area contributed by atoms with Crippen LogP contribution in [0.15, 0.2) is 72.3 Å². The van der Waals surface area contributed by atoms with Gasteiger partial charge in [-0.25, -0.2) is 4.39 Å². The highest BCUT2D eigenvalue weighted by Crippen LogP contribution is 2.27. The summed E-state index contributed by atoms with van der Waals surface area (Å²) in [4.78, 5) is 12.5. The molecule has 0 aliphatic carbocycles. The highest BCUT2D eigenvalue weighted by molar-refractivity contribution is 6.31. The van der Waals surface area contributed by atoms with Gasteiger partial charge in [-0.05, 0) is 54.6 Å². The summed E-state index contributed by atoms with van der Waals surface area (Å²) >= 11 is 12.2. The molecular formula is C23H15Cl2FN2O2. The van der Waals surface area contributed by atoms with Crippen molar-refractivity contribution in [1.82, 2.24) is 0 Å². The van der Waals surface area contributed by atoms with Crippen molar-refractivity contribution in [3.05, 3.63) is 99.3 Å². The number of benzene rings is 3. The number of ether oxygens (including phenoxy) is 1. The molecule has 0 aromatic heterocycles. The Hall–Kier alpha value is -3.33. The van der Waals surface area contributed by atoms with Gasteiger partial charge in [-0.2, -0.15) is 5.26 Å². The van der Waals surface area contributed by atoms with Crippen LogP contribution in [-0.4, -0.2) is 5.91 Å². The number of hydrogen-bond donors (Lipinski definition) is 1.